The van der Waals surface area contributed by atoms with Gasteiger partial charge in [-0.15, -0.1) is 0 Å². The Kier molecular flexibility index (Phi) is 4.71. The summed E-state index contributed by atoms with van der Waals surface area (Å²) >= 11 is 0. The zero-order chi connectivity index (χ0) is 18.8. The van der Waals surface area contributed by atoms with Gasteiger partial charge in [0, 0.05) is 0 Å². The van der Waals surface area contributed by atoms with E-state index in [4.69, 9.17) is 4.74 Å². The second kappa shape index (κ2) is 6.95. The number of fused-ring (bicyclic) bond motifs is 1. The van der Waals surface area contributed by atoms with E-state index in [9.17, 15) is 14.4 Å². The van der Waals surface area contributed by atoms with E-state index in [-0.39, 0.29) is 29.2 Å². The Balaban J connectivity index is 2.18. The minimum Gasteiger partial charge on any atom is -0.459 e. The summed E-state index contributed by atoms with van der Waals surface area (Å²) in [5, 5.41) is 0.168. The standard InChI is InChI=1S/C19H19N3O4/c1-11(2)26-18(24)14-9-15-16(20-12(14)3)22(19(25)21-17(15)23)10-13-7-5-4-6-8-13/h4-9,11H,10H2,1-3H3,(H,21,23,25). The molecule has 0 saturated heterocycles. The first-order valence-corrected chi connectivity index (χ1v) is 8.26. The summed E-state index contributed by atoms with van der Waals surface area (Å²) in [5.41, 5.74) is 0.611. The fraction of sp³-hybridized carbons (Fsp3) is 0.263. The number of benzene rings is 1. The summed E-state index contributed by atoms with van der Waals surface area (Å²) in [7, 11) is 0. The fourth-order valence-corrected chi connectivity index (χ4v) is 2.69. The Morgan fingerprint density at radius 2 is 1.92 bits per heavy atom. The highest BCUT2D eigenvalue weighted by Gasteiger charge is 2.18. The van der Waals surface area contributed by atoms with E-state index in [1.807, 2.05) is 30.3 Å². The third-order valence-electron chi connectivity index (χ3n) is 3.91. The largest absolute Gasteiger partial charge is 0.459 e. The molecule has 1 N–H and O–H groups in total. The molecule has 0 bridgehead atoms. The lowest BCUT2D eigenvalue weighted by Gasteiger charge is -2.13. The maximum absolute atomic E-state index is 12.3. The third kappa shape index (κ3) is 3.42. The Hall–Kier alpha value is -3.22. The van der Waals surface area contributed by atoms with Crippen LogP contribution in [0, 0.1) is 6.92 Å². The fourth-order valence-electron chi connectivity index (χ4n) is 2.69. The number of carbonyl (C=O) groups excluding carboxylic acids is 1. The number of aromatic nitrogens is 3. The number of ether oxygens (including phenoxy) is 1. The number of aryl methyl sites for hydroxylation is 1. The van der Waals surface area contributed by atoms with Gasteiger partial charge in [-0.2, -0.15) is 0 Å². The van der Waals surface area contributed by atoms with Crippen molar-refractivity contribution in [2.75, 3.05) is 0 Å². The van der Waals surface area contributed by atoms with Crippen molar-refractivity contribution in [2.45, 2.75) is 33.4 Å². The van der Waals surface area contributed by atoms with Crippen LogP contribution >= 0.6 is 0 Å². The SMILES string of the molecule is Cc1nc2c(cc1C(=O)OC(C)C)c(=O)[nH]c(=O)n2Cc1ccccc1. The summed E-state index contributed by atoms with van der Waals surface area (Å²) in [6, 6.07) is 10.8. The molecular formula is C19H19N3O4. The van der Waals surface area contributed by atoms with Gasteiger partial charge in [0.2, 0.25) is 0 Å². The highest BCUT2D eigenvalue weighted by Crippen LogP contribution is 2.15. The number of aromatic amines is 1. The minimum absolute atomic E-state index is 0.168. The van der Waals surface area contributed by atoms with Gasteiger partial charge in [0.15, 0.2) is 0 Å². The number of H-pyrrole nitrogens is 1. The topological polar surface area (TPSA) is 94.1 Å². The summed E-state index contributed by atoms with van der Waals surface area (Å²) in [6.45, 7) is 5.39. The van der Waals surface area contributed by atoms with E-state index in [0.29, 0.717) is 5.69 Å². The van der Waals surface area contributed by atoms with Crippen LogP contribution in [0.15, 0.2) is 46.0 Å². The number of pyridine rings is 1. The van der Waals surface area contributed by atoms with E-state index in [0.717, 1.165) is 5.56 Å². The summed E-state index contributed by atoms with van der Waals surface area (Å²) < 4.78 is 6.58. The van der Waals surface area contributed by atoms with Gasteiger partial charge in [0.25, 0.3) is 5.56 Å². The van der Waals surface area contributed by atoms with Crippen molar-refractivity contribution in [1.29, 1.82) is 0 Å². The van der Waals surface area contributed by atoms with Crippen LogP contribution in [0.1, 0.15) is 35.5 Å². The number of nitrogens with zero attached hydrogens (tertiary/aromatic N) is 2. The van der Waals surface area contributed by atoms with Gasteiger partial charge in [0.1, 0.15) is 5.65 Å². The second-order valence-electron chi connectivity index (χ2n) is 6.28. The van der Waals surface area contributed by atoms with Crippen LogP contribution in [0.2, 0.25) is 0 Å². The van der Waals surface area contributed by atoms with E-state index in [1.54, 1.807) is 20.8 Å². The van der Waals surface area contributed by atoms with Crippen LogP contribution in [-0.4, -0.2) is 26.6 Å². The maximum Gasteiger partial charge on any atom is 0.340 e. The second-order valence-corrected chi connectivity index (χ2v) is 6.28. The van der Waals surface area contributed by atoms with E-state index < -0.39 is 17.2 Å². The lowest BCUT2D eigenvalue weighted by atomic mass is 10.1. The zero-order valence-electron chi connectivity index (χ0n) is 14.8. The molecule has 0 fully saturated rings. The molecule has 0 aliphatic heterocycles. The van der Waals surface area contributed by atoms with Gasteiger partial charge in [-0.3, -0.25) is 14.3 Å². The lowest BCUT2D eigenvalue weighted by molar-refractivity contribution is 0.0376. The molecule has 0 unspecified atom stereocenters. The molecule has 134 valence electrons. The van der Waals surface area contributed by atoms with E-state index in [2.05, 4.69) is 9.97 Å². The maximum atomic E-state index is 12.3. The summed E-state index contributed by atoms with van der Waals surface area (Å²) in [5.74, 6) is -0.549. The van der Waals surface area contributed by atoms with Crippen molar-refractivity contribution in [1.82, 2.24) is 14.5 Å². The van der Waals surface area contributed by atoms with Gasteiger partial charge in [0.05, 0.1) is 29.3 Å². The molecule has 0 amide bonds. The number of rotatable bonds is 4. The average Bonchev–Trinajstić information content (AvgIpc) is 2.58. The number of hydrogen-bond donors (Lipinski definition) is 1. The van der Waals surface area contributed by atoms with Gasteiger partial charge in [-0.1, -0.05) is 30.3 Å². The molecule has 0 aliphatic rings. The molecule has 7 nitrogen and oxygen atoms in total. The first-order valence-electron chi connectivity index (χ1n) is 8.26. The first-order chi connectivity index (χ1) is 12.4. The van der Waals surface area contributed by atoms with Crippen molar-refractivity contribution >= 4 is 17.0 Å². The summed E-state index contributed by atoms with van der Waals surface area (Å²) in [6.07, 6.45) is -0.289. The molecule has 0 saturated carbocycles. The molecule has 0 spiro atoms. The van der Waals surface area contributed by atoms with Gasteiger partial charge < -0.3 is 4.74 Å². The normalized spacial score (nSPS) is 11.1. The Morgan fingerprint density at radius 1 is 1.23 bits per heavy atom. The Bertz CT molecular complexity index is 1080. The number of nitrogens with one attached hydrogen (secondary N) is 1. The predicted octanol–water partition coefficient (Wildman–Crippen LogP) is 2.01. The van der Waals surface area contributed by atoms with Gasteiger partial charge in [-0.05, 0) is 32.4 Å². The van der Waals surface area contributed by atoms with Crippen molar-refractivity contribution < 1.29 is 9.53 Å². The number of carbonyl (C=O) groups is 1. The molecule has 3 rings (SSSR count). The minimum atomic E-state index is -0.583. The third-order valence-corrected chi connectivity index (χ3v) is 3.91. The predicted molar refractivity (Wildman–Crippen MR) is 97.5 cm³/mol. The molecule has 7 heteroatoms. The molecule has 2 heterocycles. The quantitative estimate of drug-likeness (QED) is 0.724. The number of esters is 1. The molecule has 0 radical (unpaired) electrons. The monoisotopic (exact) mass is 353 g/mol. The molecule has 0 atom stereocenters. The molecule has 26 heavy (non-hydrogen) atoms. The van der Waals surface area contributed by atoms with Crippen LogP contribution < -0.4 is 11.2 Å². The van der Waals surface area contributed by atoms with Gasteiger partial charge >= 0.3 is 11.7 Å². The van der Waals surface area contributed by atoms with E-state index >= 15 is 0 Å². The van der Waals surface area contributed by atoms with Crippen molar-refractivity contribution in [3.63, 3.8) is 0 Å². The van der Waals surface area contributed by atoms with Crippen LogP contribution in [0.25, 0.3) is 11.0 Å². The van der Waals surface area contributed by atoms with Crippen LogP contribution in [-0.2, 0) is 11.3 Å². The molecule has 3 aromatic rings. The zero-order valence-corrected chi connectivity index (χ0v) is 14.8. The van der Waals surface area contributed by atoms with Crippen molar-refractivity contribution in [2.24, 2.45) is 0 Å². The first kappa shape index (κ1) is 17.6. The molecule has 0 aliphatic carbocycles. The smallest absolute Gasteiger partial charge is 0.340 e. The molecular weight excluding hydrogens is 334 g/mol. The van der Waals surface area contributed by atoms with E-state index in [1.165, 1.54) is 10.6 Å². The summed E-state index contributed by atoms with van der Waals surface area (Å²) in [4.78, 5) is 43.4. The van der Waals surface area contributed by atoms with Gasteiger partial charge in [-0.25, -0.2) is 14.6 Å². The highest BCUT2D eigenvalue weighted by molar-refractivity contribution is 5.94. The van der Waals surface area contributed by atoms with Crippen LogP contribution in [0.5, 0.6) is 0 Å². The van der Waals surface area contributed by atoms with Crippen LogP contribution in [0.3, 0.4) is 0 Å². The Labute approximate surface area is 149 Å². The molecule has 1 aromatic carbocycles. The molecule has 2 aromatic heterocycles. The number of hydrogen-bond acceptors (Lipinski definition) is 5. The highest BCUT2D eigenvalue weighted by atomic mass is 16.5. The lowest BCUT2D eigenvalue weighted by Crippen LogP contribution is -2.31. The van der Waals surface area contributed by atoms with Crippen LogP contribution in [0.4, 0.5) is 0 Å². The Morgan fingerprint density at radius 3 is 2.58 bits per heavy atom. The average molecular weight is 353 g/mol. The van der Waals surface area contributed by atoms with Crippen molar-refractivity contribution in [3.8, 4) is 0 Å². The van der Waals surface area contributed by atoms with Crippen molar-refractivity contribution in [3.05, 3.63) is 74.1 Å².